The van der Waals surface area contributed by atoms with E-state index in [1.807, 2.05) is 45.3 Å². The van der Waals surface area contributed by atoms with Gasteiger partial charge in [-0.1, -0.05) is 20.8 Å². The highest BCUT2D eigenvalue weighted by atomic mass is 16.1. The van der Waals surface area contributed by atoms with E-state index < -0.39 is 0 Å². The SMILES string of the molecule is CC/C(N/C(C=NC)=C/N)=C1/C(=O)C(C)C(C)c2cnc(-c3cnccc3C)cc21. The van der Waals surface area contributed by atoms with Crippen molar-refractivity contribution in [2.45, 2.75) is 40.0 Å². The highest BCUT2D eigenvalue weighted by Gasteiger charge is 2.35. The number of carbonyl (C=O) groups is 1. The molecule has 0 bridgehead atoms. The number of pyridine rings is 2. The van der Waals surface area contributed by atoms with Crippen molar-refractivity contribution >= 4 is 17.6 Å². The third-order valence-electron chi connectivity index (χ3n) is 5.82. The van der Waals surface area contributed by atoms with E-state index >= 15 is 0 Å². The van der Waals surface area contributed by atoms with Gasteiger partial charge in [0.15, 0.2) is 5.78 Å². The monoisotopic (exact) mass is 403 g/mol. The summed E-state index contributed by atoms with van der Waals surface area (Å²) in [6, 6.07) is 3.98. The predicted molar refractivity (Wildman–Crippen MR) is 122 cm³/mol. The minimum Gasteiger partial charge on any atom is -0.403 e. The molecule has 0 saturated heterocycles. The van der Waals surface area contributed by atoms with Gasteiger partial charge in [0, 0.05) is 60.8 Å². The summed E-state index contributed by atoms with van der Waals surface area (Å²) in [5.74, 6) is 0.0885. The largest absolute Gasteiger partial charge is 0.403 e. The van der Waals surface area contributed by atoms with Crippen molar-refractivity contribution < 1.29 is 4.79 Å². The molecule has 0 aromatic carbocycles. The molecule has 0 fully saturated rings. The van der Waals surface area contributed by atoms with Gasteiger partial charge in [-0.15, -0.1) is 0 Å². The van der Waals surface area contributed by atoms with Crippen molar-refractivity contribution in [3.63, 3.8) is 0 Å². The minimum atomic E-state index is -0.131. The van der Waals surface area contributed by atoms with Crippen molar-refractivity contribution in [3.8, 4) is 11.3 Å². The van der Waals surface area contributed by atoms with Gasteiger partial charge in [-0.25, -0.2) is 0 Å². The normalized spacial score (nSPS) is 21.0. The van der Waals surface area contributed by atoms with E-state index in [2.05, 4.69) is 22.2 Å². The van der Waals surface area contributed by atoms with Crippen molar-refractivity contribution in [1.82, 2.24) is 15.3 Å². The van der Waals surface area contributed by atoms with Gasteiger partial charge in [0.25, 0.3) is 0 Å². The van der Waals surface area contributed by atoms with Crippen LogP contribution < -0.4 is 11.1 Å². The first kappa shape index (κ1) is 21.4. The lowest BCUT2D eigenvalue weighted by Gasteiger charge is -2.31. The number of aryl methyl sites for hydroxylation is 1. The van der Waals surface area contributed by atoms with E-state index in [0.29, 0.717) is 17.7 Å². The number of hydrogen-bond donors (Lipinski definition) is 2. The Bertz CT molecular complexity index is 1050. The summed E-state index contributed by atoms with van der Waals surface area (Å²) in [4.78, 5) is 26.4. The fourth-order valence-electron chi connectivity index (χ4n) is 3.85. The second-order valence-electron chi connectivity index (χ2n) is 7.63. The number of nitrogens with one attached hydrogen (secondary N) is 1. The van der Waals surface area contributed by atoms with Gasteiger partial charge in [-0.05, 0) is 48.1 Å². The number of rotatable bonds is 5. The lowest BCUT2D eigenvalue weighted by atomic mass is 9.73. The molecule has 6 nitrogen and oxygen atoms in total. The average Bonchev–Trinajstić information content (AvgIpc) is 2.76. The van der Waals surface area contributed by atoms with Crippen LogP contribution in [0.4, 0.5) is 0 Å². The molecule has 0 amide bonds. The fourth-order valence-corrected chi connectivity index (χ4v) is 3.85. The Balaban J connectivity index is 2.24. The van der Waals surface area contributed by atoms with Crippen LogP contribution in [0.5, 0.6) is 0 Å². The van der Waals surface area contributed by atoms with Crippen LogP contribution in [-0.2, 0) is 4.79 Å². The summed E-state index contributed by atoms with van der Waals surface area (Å²) in [7, 11) is 1.68. The molecule has 2 heterocycles. The van der Waals surface area contributed by atoms with Crippen LogP contribution >= 0.6 is 0 Å². The summed E-state index contributed by atoms with van der Waals surface area (Å²) >= 11 is 0. The first-order valence-corrected chi connectivity index (χ1v) is 10.2. The summed E-state index contributed by atoms with van der Waals surface area (Å²) < 4.78 is 0. The molecule has 30 heavy (non-hydrogen) atoms. The molecular weight excluding hydrogens is 374 g/mol. The molecular formula is C24H29N5O. The first-order chi connectivity index (χ1) is 14.4. The van der Waals surface area contributed by atoms with E-state index in [0.717, 1.165) is 33.6 Å². The molecule has 6 heteroatoms. The Morgan fingerprint density at radius 3 is 2.67 bits per heavy atom. The third kappa shape index (κ3) is 3.90. The summed E-state index contributed by atoms with van der Waals surface area (Å²) in [6.07, 6.45) is 9.25. The standard InChI is InChI=1S/C24H29N5O/c1-6-21(29-17(10-25)11-26-5)23-18-9-22(19-12-27-8-7-14(19)2)28-13-20(18)15(3)16(4)24(23)30/h7-13,15-16,29H,6,25H2,1-5H3/b17-10+,23-21-,26-11?. The second-order valence-corrected chi connectivity index (χ2v) is 7.63. The molecule has 2 unspecified atom stereocenters. The van der Waals surface area contributed by atoms with E-state index in [-0.39, 0.29) is 17.6 Å². The van der Waals surface area contributed by atoms with Crippen LogP contribution in [-0.4, -0.2) is 29.0 Å². The number of nitrogens with two attached hydrogens (primary N) is 1. The number of hydrogen-bond acceptors (Lipinski definition) is 6. The number of ketones is 1. The lowest BCUT2D eigenvalue weighted by molar-refractivity contribution is -0.117. The minimum absolute atomic E-state index is 0.0904. The highest BCUT2D eigenvalue weighted by Crippen LogP contribution is 2.42. The Hall–Kier alpha value is -3.28. The van der Waals surface area contributed by atoms with Gasteiger partial charge in [-0.3, -0.25) is 19.8 Å². The van der Waals surface area contributed by atoms with Crippen LogP contribution in [0.2, 0.25) is 0 Å². The number of aliphatic imine (C=N–C) groups is 1. The highest BCUT2D eigenvalue weighted by molar-refractivity contribution is 6.24. The molecule has 3 N–H and O–H groups in total. The molecule has 3 rings (SSSR count). The van der Waals surface area contributed by atoms with Crippen molar-refractivity contribution in [2.75, 3.05) is 7.05 Å². The van der Waals surface area contributed by atoms with Crippen molar-refractivity contribution in [1.29, 1.82) is 0 Å². The molecule has 0 aliphatic heterocycles. The zero-order chi connectivity index (χ0) is 21.8. The maximum Gasteiger partial charge on any atom is 0.168 e. The summed E-state index contributed by atoms with van der Waals surface area (Å²) in [5, 5.41) is 3.31. The third-order valence-corrected chi connectivity index (χ3v) is 5.82. The molecule has 0 saturated carbocycles. The quantitative estimate of drug-likeness (QED) is 0.582. The predicted octanol–water partition coefficient (Wildman–Crippen LogP) is 3.99. The van der Waals surface area contributed by atoms with E-state index in [9.17, 15) is 4.79 Å². The second kappa shape index (κ2) is 9.03. The number of Topliss-reactive ketones (excluding diaryl/α,β-unsaturated/α-hetero) is 1. The first-order valence-electron chi connectivity index (χ1n) is 10.2. The number of carbonyl (C=O) groups excluding carboxylic acids is 1. The van der Waals surface area contributed by atoms with Gasteiger partial charge in [0.05, 0.1) is 11.4 Å². The Labute approximate surface area is 178 Å². The molecule has 2 aromatic heterocycles. The van der Waals surface area contributed by atoms with E-state index in [1.54, 1.807) is 19.5 Å². The lowest BCUT2D eigenvalue weighted by Crippen LogP contribution is -2.29. The van der Waals surface area contributed by atoms with Crippen LogP contribution in [0, 0.1) is 12.8 Å². The molecule has 2 atom stereocenters. The van der Waals surface area contributed by atoms with Crippen LogP contribution in [0.25, 0.3) is 16.8 Å². The number of aromatic nitrogens is 2. The maximum atomic E-state index is 13.4. The molecule has 0 spiro atoms. The average molecular weight is 404 g/mol. The van der Waals surface area contributed by atoms with Gasteiger partial charge in [-0.2, -0.15) is 0 Å². The van der Waals surface area contributed by atoms with Crippen molar-refractivity contribution in [2.24, 2.45) is 16.6 Å². The van der Waals surface area contributed by atoms with E-state index in [4.69, 9.17) is 10.7 Å². The zero-order valence-electron chi connectivity index (χ0n) is 18.2. The number of allylic oxidation sites excluding steroid dienone is 3. The van der Waals surface area contributed by atoms with Crippen LogP contribution in [0.1, 0.15) is 49.8 Å². The topological polar surface area (TPSA) is 93.3 Å². The Morgan fingerprint density at radius 2 is 2.03 bits per heavy atom. The molecule has 156 valence electrons. The number of nitrogens with zero attached hydrogens (tertiary/aromatic N) is 3. The van der Waals surface area contributed by atoms with Crippen LogP contribution in [0.15, 0.2) is 53.3 Å². The van der Waals surface area contributed by atoms with Gasteiger partial charge >= 0.3 is 0 Å². The van der Waals surface area contributed by atoms with Gasteiger partial charge < -0.3 is 11.1 Å². The summed E-state index contributed by atoms with van der Waals surface area (Å²) in [5.41, 5.74) is 12.8. The number of fused-ring (bicyclic) bond motifs is 1. The van der Waals surface area contributed by atoms with Crippen molar-refractivity contribution in [3.05, 3.63) is 65.0 Å². The fraction of sp³-hybridized carbons (Fsp3) is 0.333. The Morgan fingerprint density at radius 1 is 1.27 bits per heavy atom. The molecule has 1 aliphatic rings. The van der Waals surface area contributed by atoms with Gasteiger partial charge in [0.2, 0.25) is 0 Å². The summed E-state index contributed by atoms with van der Waals surface area (Å²) in [6.45, 7) is 8.13. The maximum absolute atomic E-state index is 13.4. The van der Waals surface area contributed by atoms with Gasteiger partial charge in [0.1, 0.15) is 0 Å². The van der Waals surface area contributed by atoms with Crippen LogP contribution in [0.3, 0.4) is 0 Å². The smallest absolute Gasteiger partial charge is 0.168 e. The Kier molecular flexibility index (Phi) is 6.45. The van der Waals surface area contributed by atoms with E-state index in [1.165, 1.54) is 6.20 Å². The molecule has 1 aliphatic carbocycles. The zero-order valence-corrected chi connectivity index (χ0v) is 18.2. The molecule has 0 radical (unpaired) electrons. The molecule has 2 aromatic rings.